The molecular formula is C20H24N2O3. The molecular weight excluding hydrogens is 316 g/mol. The second-order valence-electron chi connectivity index (χ2n) is 6.42. The number of hydrogen-bond acceptors (Lipinski definition) is 4. The van der Waals surface area contributed by atoms with E-state index >= 15 is 0 Å². The molecule has 132 valence electrons. The molecule has 0 spiro atoms. The van der Waals surface area contributed by atoms with E-state index in [1.165, 1.54) is 12.8 Å². The molecule has 5 heteroatoms. The third kappa shape index (κ3) is 4.50. The number of carbonyl (C=O) groups is 1. The molecule has 1 heterocycles. The lowest BCUT2D eigenvalue weighted by atomic mass is 10.1. The molecule has 0 bridgehead atoms. The Balaban J connectivity index is 1.57. The highest BCUT2D eigenvalue weighted by Crippen LogP contribution is 2.23. The zero-order valence-corrected chi connectivity index (χ0v) is 14.7. The molecule has 0 saturated heterocycles. The fourth-order valence-corrected chi connectivity index (χ4v) is 3.04. The molecule has 5 nitrogen and oxygen atoms in total. The van der Waals surface area contributed by atoms with Crippen molar-refractivity contribution in [2.45, 2.75) is 45.3 Å². The van der Waals surface area contributed by atoms with Crippen LogP contribution in [0.4, 0.5) is 0 Å². The summed E-state index contributed by atoms with van der Waals surface area (Å²) in [5.74, 6) is 1.07. The number of nitrogens with zero attached hydrogens (tertiary/aromatic N) is 1. The van der Waals surface area contributed by atoms with Crippen molar-refractivity contribution in [3.8, 4) is 11.6 Å². The second kappa shape index (κ2) is 8.01. The molecule has 1 aliphatic carbocycles. The number of methoxy groups -OCH3 is 1. The zero-order valence-electron chi connectivity index (χ0n) is 14.7. The Labute approximate surface area is 148 Å². The number of aryl methyl sites for hydroxylation is 1. The van der Waals surface area contributed by atoms with Crippen LogP contribution in [0.2, 0.25) is 0 Å². The maximum atomic E-state index is 12.4. The Morgan fingerprint density at radius 3 is 2.72 bits per heavy atom. The summed E-state index contributed by atoms with van der Waals surface area (Å²) in [5.41, 5.74) is 2.48. The van der Waals surface area contributed by atoms with Crippen LogP contribution in [0.25, 0.3) is 0 Å². The Kier molecular flexibility index (Phi) is 5.53. The van der Waals surface area contributed by atoms with Crippen molar-refractivity contribution in [3.05, 3.63) is 53.2 Å². The monoisotopic (exact) mass is 340 g/mol. The quantitative estimate of drug-likeness (QED) is 0.872. The summed E-state index contributed by atoms with van der Waals surface area (Å²) in [4.78, 5) is 16.8. The summed E-state index contributed by atoms with van der Waals surface area (Å²) in [6.45, 7) is 2.36. The molecule has 0 aliphatic heterocycles. The average molecular weight is 340 g/mol. The average Bonchev–Trinajstić information content (AvgIpc) is 3.14. The fraction of sp³-hybridized carbons (Fsp3) is 0.400. The Bertz CT molecular complexity index is 722. The van der Waals surface area contributed by atoms with Gasteiger partial charge < -0.3 is 14.8 Å². The van der Waals surface area contributed by atoms with Gasteiger partial charge in [-0.1, -0.05) is 17.7 Å². The lowest BCUT2D eigenvalue weighted by molar-refractivity contribution is 0.0947. The van der Waals surface area contributed by atoms with Crippen molar-refractivity contribution in [1.82, 2.24) is 10.3 Å². The highest BCUT2D eigenvalue weighted by Gasteiger charge is 2.17. The van der Waals surface area contributed by atoms with Crippen molar-refractivity contribution in [2.24, 2.45) is 0 Å². The summed E-state index contributed by atoms with van der Waals surface area (Å²) in [5, 5.41) is 2.91. The topological polar surface area (TPSA) is 60.5 Å². The molecule has 0 radical (unpaired) electrons. The van der Waals surface area contributed by atoms with Crippen LogP contribution in [0.3, 0.4) is 0 Å². The number of pyridine rings is 1. The molecule has 2 aromatic rings. The number of rotatable bonds is 6. The summed E-state index contributed by atoms with van der Waals surface area (Å²) < 4.78 is 11.1. The van der Waals surface area contributed by atoms with Crippen LogP contribution in [0.5, 0.6) is 11.6 Å². The minimum Gasteiger partial charge on any atom is -0.496 e. The van der Waals surface area contributed by atoms with E-state index in [2.05, 4.69) is 10.3 Å². The Hall–Kier alpha value is -2.56. The van der Waals surface area contributed by atoms with Gasteiger partial charge >= 0.3 is 0 Å². The van der Waals surface area contributed by atoms with Crippen LogP contribution in [0, 0.1) is 6.92 Å². The third-order valence-corrected chi connectivity index (χ3v) is 4.44. The predicted octanol–water partition coefficient (Wildman–Crippen LogP) is 3.65. The van der Waals surface area contributed by atoms with Gasteiger partial charge in [0.25, 0.3) is 5.91 Å². The van der Waals surface area contributed by atoms with Crippen molar-refractivity contribution in [1.29, 1.82) is 0 Å². The molecule has 0 unspecified atom stereocenters. The van der Waals surface area contributed by atoms with Crippen LogP contribution in [-0.2, 0) is 6.54 Å². The lowest BCUT2D eigenvalue weighted by Gasteiger charge is -2.12. The first-order valence-electron chi connectivity index (χ1n) is 8.70. The van der Waals surface area contributed by atoms with Gasteiger partial charge in [-0.3, -0.25) is 4.79 Å². The number of aromatic nitrogens is 1. The smallest absolute Gasteiger partial charge is 0.255 e. The number of benzene rings is 1. The normalized spacial score (nSPS) is 14.3. The Morgan fingerprint density at radius 1 is 1.24 bits per heavy atom. The molecule has 1 aromatic heterocycles. The SMILES string of the molecule is COc1ccc(C)cc1C(=O)NCc1ccc(OC2CCCC2)nc1. The summed E-state index contributed by atoms with van der Waals surface area (Å²) in [7, 11) is 1.56. The molecule has 0 atom stereocenters. The van der Waals surface area contributed by atoms with Crippen LogP contribution in [0.1, 0.15) is 47.2 Å². The molecule has 1 N–H and O–H groups in total. The van der Waals surface area contributed by atoms with Crippen LogP contribution in [0.15, 0.2) is 36.5 Å². The van der Waals surface area contributed by atoms with Crippen LogP contribution >= 0.6 is 0 Å². The summed E-state index contributed by atoms with van der Waals surface area (Å²) in [6, 6.07) is 9.35. The standard InChI is InChI=1S/C20H24N2O3/c1-14-7-9-18(24-2)17(11-14)20(23)22-13-15-8-10-19(21-12-15)25-16-5-3-4-6-16/h7-12,16H,3-6,13H2,1-2H3,(H,22,23). The fourth-order valence-electron chi connectivity index (χ4n) is 3.04. The van der Waals surface area contributed by atoms with E-state index < -0.39 is 0 Å². The maximum Gasteiger partial charge on any atom is 0.255 e. The van der Waals surface area contributed by atoms with Gasteiger partial charge in [0.2, 0.25) is 5.88 Å². The minimum atomic E-state index is -0.160. The number of hydrogen-bond donors (Lipinski definition) is 1. The molecule has 3 rings (SSSR count). The van der Waals surface area contributed by atoms with Crippen molar-refractivity contribution >= 4 is 5.91 Å². The number of carbonyl (C=O) groups excluding carboxylic acids is 1. The van der Waals surface area contributed by atoms with E-state index in [1.807, 2.05) is 31.2 Å². The minimum absolute atomic E-state index is 0.160. The van der Waals surface area contributed by atoms with E-state index in [9.17, 15) is 4.79 Å². The van der Waals surface area contributed by atoms with E-state index in [-0.39, 0.29) is 5.91 Å². The van der Waals surface area contributed by atoms with E-state index in [0.29, 0.717) is 29.8 Å². The van der Waals surface area contributed by atoms with E-state index in [4.69, 9.17) is 9.47 Å². The highest BCUT2D eigenvalue weighted by atomic mass is 16.5. The summed E-state index contributed by atoms with van der Waals surface area (Å²) >= 11 is 0. The van der Waals surface area contributed by atoms with Crippen LogP contribution in [-0.4, -0.2) is 24.1 Å². The van der Waals surface area contributed by atoms with Gasteiger partial charge in [-0.25, -0.2) is 4.98 Å². The zero-order chi connectivity index (χ0) is 17.6. The molecule has 1 aromatic carbocycles. The number of nitrogens with one attached hydrogen (secondary N) is 1. The van der Waals surface area contributed by atoms with Crippen molar-refractivity contribution < 1.29 is 14.3 Å². The third-order valence-electron chi connectivity index (χ3n) is 4.44. The first-order chi connectivity index (χ1) is 12.2. The van der Waals surface area contributed by atoms with Gasteiger partial charge in [0.05, 0.1) is 12.7 Å². The van der Waals surface area contributed by atoms with Gasteiger partial charge in [0.15, 0.2) is 0 Å². The lowest BCUT2D eigenvalue weighted by Crippen LogP contribution is -2.23. The largest absolute Gasteiger partial charge is 0.496 e. The molecule has 1 amide bonds. The Morgan fingerprint density at radius 2 is 2.04 bits per heavy atom. The van der Waals surface area contributed by atoms with Gasteiger partial charge in [0, 0.05) is 18.8 Å². The van der Waals surface area contributed by atoms with Gasteiger partial charge in [-0.15, -0.1) is 0 Å². The first kappa shape index (κ1) is 17.3. The van der Waals surface area contributed by atoms with E-state index in [0.717, 1.165) is 24.0 Å². The van der Waals surface area contributed by atoms with Gasteiger partial charge in [-0.05, 0) is 50.3 Å². The van der Waals surface area contributed by atoms with Gasteiger partial charge in [-0.2, -0.15) is 0 Å². The predicted molar refractivity (Wildman–Crippen MR) is 96.0 cm³/mol. The van der Waals surface area contributed by atoms with Crippen molar-refractivity contribution in [2.75, 3.05) is 7.11 Å². The highest BCUT2D eigenvalue weighted by molar-refractivity contribution is 5.97. The van der Waals surface area contributed by atoms with E-state index in [1.54, 1.807) is 19.4 Å². The maximum absolute atomic E-state index is 12.4. The molecule has 1 aliphatic rings. The number of amides is 1. The molecule has 25 heavy (non-hydrogen) atoms. The molecule has 1 saturated carbocycles. The second-order valence-corrected chi connectivity index (χ2v) is 6.42. The molecule has 1 fully saturated rings. The van der Waals surface area contributed by atoms with Crippen molar-refractivity contribution in [3.63, 3.8) is 0 Å². The number of ether oxygens (including phenoxy) is 2. The summed E-state index contributed by atoms with van der Waals surface area (Å²) in [6.07, 6.45) is 6.73. The van der Waals surface area contributed by atoms with Crippen LogP contribution < -0.4 is 14.8 Å². The van der Waals surface area contributed by atoms with Gasteiger partial charge in [0.1, 0.15) is 11.9 Å². The first-order valence-corrected chi connectivity index (χ1v) is 8.70.